The van der Waals surface area contributed by atoms with Crippen LogP contribution in [0.2, 0.25) is 0 Å². The number of hydrogen-bond donors (Lipinski definition) is 1. The van der Waals surface area contributed by atoms with E-state index in [1.54, 1.807) is 18.2 Å². The van der Waals surface area contributed by atoms with Gasteiger partial charge < -0.3 is 10.1 Å². The lowest BCUT2D eigenvalue weighted by Gasteiger charge is -2.11. The molecule has 0 spiro atoms. The molecule has 1 amide bonds. The highest BCUT2D eigenvalue weighted by Crippen LogP contribution is 2.31. The Morgan fingerprint density at radius 2 is 1.91 bits per heavy atom. The first-order valence-corrected chi connectivity index (χ1v) is 6.49. The average Bonchev–Trinajstić information content (AvgIpc) is 2.53. The first-order chi connectivity index (χ1) is 10.9. The maximum Gasteiger partial charge on any atom is 0.416 e. The van der Waals surface area contributed by atoms with Crippen LogP contribution < -0.4 is 10.1 Å². The summed E-state index contributed by atoms with van der Waals surface area (Å²) in [6.45, 7) is -0.471. The quantitative estimate of drug-likeness (QED) is 0.936. The van der Waals surface area contributed by atoms with Crippen molar-refractivity contribution in [2.75, 3.05) is 11.9 Å². The molecule has 118 valence electrons. The summed E-state index contributed by atoms with van der Waals surface area (Å²) < 4.78 is 42.8. The minimum absolute atomic E-state index is 0.0662. The lowest BCUT2D eigenvalue weighted by molar-refractivity contribution is -0.137. The van der Waals surface area contributed by atoms with Crippen molar-refractivity contribution in [2.24, 2.45) is 0 Å². The van der Waals surface area contributed by atoms with Crippen molar-refractivity contribution in [2.45, 2.75) is 6.18 Å². The van der Waals surface area contributed by atoms with Crippen molar-refractivity contribution in [1.29, 1.82) is 5.26 Å². The molecule has 7 heteroatoms. The average molecular weight is 320 g/mol. The largest absolute Gasteiger partial charge is 0.484 e. The van der Waals surface area contributed by atoms with Gasteiger partial charge >= 0.3 is 6.18 Å². The van der Waals surface area contributed by atoms with Gasteiger partial charge in [0.1, 0.15) is 11.8 Å². The Balaban J connectivity index is 1.99. The fraction of sp³-hybridized carbons (Fsp3) is 0.125. The van der Waals surface area contributed by atoms with Gasteiger partial charge in [-0.2, -0.15) is 18.4 Å². The van der Waals surface area contributed by atoms with Crippen LogP contribution in [0, 0.1) is 11.3 Å². The predicted molar refractivity (Wildman–Crippen MR) is 76.7 cm³/mol. The topological polar surface area (TPSA) is 62.1 Å². The second-order valence-corrected chi connectivity index (χ2v) is 4.52. The molecule has 0 fully saturated rings. The fourth-order valence-corrected chi connectivity index (χ4v) is 1.79. The molecule has 0 saturated carbocycles. The predicted octanol–water partition coefficient (Wildman–Crippen LogP) is 3.59. The molecule has 0 unspecified atom stereocenters. The molecule has 0 aliphatic heterocycles. The summed E-state index contributed by atoms with van der Waals surface area (Å²) >= 11 is 0. The number of carbonyl (C=O) groups is 1. The maximum atomic E-state index is 12.6. The number of anilines is 1. The van der Waals surface area contributed by atoms with Crippen LogP contribution in [0.4, 0.5) is 18.9 Å². The van der Waals surface area contributed by atoms with E-state index in [0.717, 1.165) is 12.1 Å². The van der Waals surface area contributed by atoms with E-state index >= 15 is 0 Å². The van der Waals surface area contributed by atoms with Crippen LogP contribution in [0.1, 0.15) is 11.1 Å². The van der Waals surface area contributed by atoms with Gasteiger partial charge in [0, 0.05) is 0 Å². The summed E-state index contributed by atoms with van der Waals surface area (Å²) in [5.74, 6) is -0.645. The van der Waals surface area contributed by atoms with Gasteiger partial charge in [-0.3, -0.25) is 4.79 Å². The highest BCUT2D eigenvalue weighted by Gasteiger charge is 2.30. The molecule has 0 heterocycles. The highest BCUT2D eigenvalue weighted by molar-refractivity contribution is 5.93. The van der Waals surface area contributed by atoms with Gasteiger partial charge in [0.2, 0.25) is 0 Å². The molecule has 2 aromatic carbocycles. The van der Waals surface area contributed by atoms with E-state index in [4.69, 9.17) is 10.00 Å². The number of halogens is 3. The standard InChI is InChI=1S/C16H11F3N2O2/c17-16(18,19)12-5-3-6-13(8-12)23-10-15(22)21-14-7-2-1-4-11(14)9-20/h1-8H,10H2,(H,21,22). The number of nitriles is 1. The normalized spacial score (nSPS) is 10.7. The van der Waals surface area contributed by atoms with E-state index in [0.29, 0.717) is 5.69 Å². The third-order valence-corrected chi connectivity index (χ3v) is 2.85. The van der Waals surface area contributed by atoms with Gasteiger partial charge in [-0.05, 0) is 30.3 Å². The number of nitrogens with one attached hydrogen (secondary N) is 1. The summed E-state index contributed by atoms with van der Waals surface area (Å²) in [7, 11) is 0. The molecule has 4 nitrogen and oxygen atoms in total. The van der Waals surface area contributed by atoms with Crippen LogP contribution in [-0.4, -0.2) is 12.5 Å². The minimum Gasteiger partial charge on any atom is -0.484 e. The Labute approximate surface area is 130 Å². The van der Waals surface area contributed by atoms with Crippen LogP contribution >= 0.6 is 0 Å². The first kappa shape index (κ1) is 16.4. The van der Waals surface area contributed by atoms with Crippen LogP contribution in [0.5, 0.6) is 5.75 Å². The van der Waals surface area contributed by atoms with Crippen molar-refractivity contribution in [3.63, 3.8) is 0 Å². The van der Waals surface area contributed by atoms with E-state index < -0.39 is 24.3 Å². The Morgan fingerprint density at radius 3 is 2.61 bits per heavy atom. The number of para-hydroxylation sites is 1. The molecule has 0 saturated heterocycles. The molecule has 0 aliphatic rings. The zero-order valence-corrected chi connectivity index (χ0v) is 11.7. The number of alkyl halides is 3. The molecule has 0 atom stereocenters. The summed E-state index contributed by atoms with van der Waals surface area (Å²) in [5, 5.41) is 11.4. The number of nitrogens with zero attached hydrogens (tertiary/aromatic N) is 1. The summed E-state index contributed by atoms with van der Waals surface area (Å²) in [6.07, 6.45) is -4.48. The minimum atomic E-state index is -4.48. The number of ether oxygens (including phenoxy) is 1. The third-order valence-electron chi connectivity index (χ3n) is 2.85. The SMILES string of the molecule is N#Cc1ccccc1NC(=O)COc1cccc(C(F)(F)F)c1. The second kappa shape index (κ2) is 6.83. The van der Waals surface area contributed by atoms with Gasteiger partial charge in [0.15, 0.2) is 6.61 Å². The van der Waals surface area contributed by atoms with Gasteiger partial charge in [-0.1, -0.05) is 18.2 Å². The highest BCUT2D eigenvalue weighted by atomic mass is 19.4. The smallest absolute Gasteiger partial charge is 0.416 e. The van der Waals surface area contributed by atoms with Crippen molar-refractivity contribution in [1.82, 2.24) is 0 Å². The summed E-state index contributed by atoms with van der Waals surface area (Å²) in [6, 6.07) is 12.5. The Bertz CT molecular complexity index is 751. The zero-order valence-electron chi connectivity index (χ0n) is 11.7. The van der Waals surface area contributed by atoms with Crippen LogP contribution in [0.15, 0.2) is 48.5 Å². The van der Waals surface area contributed by atoms with Crippen molar-refractivity contribution >= 4 is 11.6 Å². The number of carbonyl (C=O) groups excluding carboxylic acids is 1. The monoisotopic (exact) mass is 320 g/mol. The Morgan fingerprint density at radius 1 is 1.17 bits per heavy atom. The molecular weight excluding hydrogens is 309 g/mol. The molecular formula is C16H11F3N2O2. The molecule has 0 aliphatic carbocycles. The van der Waals surface area contributed by atoms with Gasteiger partial charge in [-0.15, -0.1) is 0 Å². The zero-order chi connectivity index (χ0) is 16.9. The number of amides is 1. The lowest BCUT2D eigenvalue weighted by atomic mass is 10.2. The third kappa shape index (κ3) is 4.48. The van der Waals surface area contributed by atoms with E-state index in [9.17, 15) is 18.0 Å². The van der Waals surface area contributed by atoms with Gasteiger partial charge in [0.05, 0.1) is 16.8 Å². The Hall–Kier alpha value is -3.01. The first-order valence-electron chi connectivity index (χ1n) is 6.49. The van der Waals surface area contributed by atoms with Gasteiger partial charge in [-0.25, -0.2) is 0 Å². The maximum absolute atomic E-state index is 12.6. The van der Waals surface area contributed by atoms with E-state index in [1.807, 2.05) is 6.07 Å². The number of rotatable bonds is 4. The fourth-order valence-electron chi connectivity index (χ4n) is 1.79. The molecule has 0 radical (unpaired) electrons. The molecule has 0 bridgehead atoms. The van der Waals surface area contributed by atoms with E-state index in [2.05, 4.69) is 5.32 Å². The van der Waals surface area contributed by atoms with E-state index in [1.165, 1.54) is 18.2 Å². The van der Waals surface area contributed by atoms with Crippen molar-refractivity contribution in [3.8, 4) is 11.8 Å². The van der Waals surface area contributed by atoms with Crippen LogP contribution in [-0.2, 0) is 11.0 Å². The number of hydrogen-bond acceptors (Lipinski definition) is 3. The molecule has 0 aromatic heterocycles. The molecule has 1 N–H and O–H groups in total. The Kier molecular flexibility index (Phi) is 4.86. The summed E-state index contributed by atoms with van der Waals surface area (Å²) in [4.78, 5) is 11.8. The molecule has 2 rings (SSSR count). The second-order valence-electron chi connectivity index (χ2n) is 4.52. The van der Waals surface area contributed by atoms with Crippen molar-refractivity contribution in [3.05, 3.63) is 59.7 Å². The van der Waals surface area contributed by atoms with Crippen LogP contribution in [0.3, 0.4) is 0 Å². The van der Waals surface area contributed by atoms with Crippen LogP contribution in [0.25, 0.3) is 0 Å². The van der Waals surface area contributed by atoms with Gasteiger partial charge in [0.25, 0.3) is 5.91 Å². The van der Waals surface area contributed by atoms with Crippen molar-refractivity contribution < 1.29 is 22.7 Å². The van der Waals surface area contributed by atoms with E-state index in [-0.39, 0.29) is 11.3 Å². The molecule has 2 aromatic rings. The summed E-state index contributed by atoms with van der Waals surface area (Å²) in [5.41, 5.74) is -0.266. The lowest BCUT2D eigenvalue weighted by Crippen LogP contribution is -2.20. The molecule has 23 heavy (non-hydrogen) atoms. The number of benzene rings is 2.